The van der Waals surface area contributed by atoms with Gasteiger partial charge in [0.2, 0.25) is 15.9 Å². The summed E-state index contributed by atoms with van der Waals surface area (Å²) >= 11 is 0. The van der Waals surface area contributed by atoms with Crippen molar-refractivity contribution in [3.8, 4) is 0 Å². The number of nitrogens with one attached hydrogen (secondary N) is 2. The van der Waals surface area contributed by atoms with Gasteiger partial charge in [-0.2, -0.15) is 0 Å². The Bertz CT molecular complexity index is 610. The Hall–Kier alpha value is -2.09. The highest BCUT2D eigenvalue weighted by Crippen LogP contribution is 2.18. The standard InChI is InChI=1S/C11H15N3O4S/c1-7-3-4-9(14-19(2,17)18)8(5-7)11(16)13-6-10(12)15/h3-5,14H,6H2,1-2H3,(H2,12,15)(H,13,16). The van der Waals surface area contributed by atoms with E-state index < -0.39 is 21.8 Å². The molecule has 0 atom stereocenters. The summed E-state index contributed by atoms with van der Waals surface area (Å²) in [6, 6.07) is 4.66. The number of aryl methyl sites for hydroxylation is 1. The highest BCUT2D eigenvalue weighted by Gasteiger charge is 2.14. The van der Waals surface area contributed by atoms with Crippen LogP contribution in [-0.2, 0) is 14.8 Å². The molecular formula is C11H15N3O4S. The molecule has 2 amide bonds. The van der Waals surface area contributed by atoms with Crippen LogP contribution in [-0.4, -0.2) is 33.0 Å². The predicted octanol–water partition coefficient (Wildman–Crippen LogP) is -0.418. The van der Waals surface area contributed by atoms with Crippen LogP contribution in [0.5, 0.6) is 0 Å². The molecule has 104 valence electrons. The minimum absolute atomic E-state index is 0.131. The van der Waals surface area contributed by atoms with Crippen molar-refractivity contribution >= 4 is 27.5 Å². The first-order valence-corrected chi connectivity index (χ1v) is 7.23. The first-order chi connectivity index (χ1) is 8.69. The van der Waals surface area contributed by atoms with E-state index in [9.17, 15) is 18.0 Å². The molecule has 0 saturated carbocycles. The Morgan fingerprint density at radius 1 is 1.32 bits per heavy atom. The second-order valence-corrected chi connectivity index (χ2v) is 5.82. The maximum absolute atomic E-state index is 11.9. The van der Waals surface area contributed by atoms with Gasteiger partial charge in [0, 0.05) is 0 Å². The third kappa shape index (κ3) is 4.96. The zero-order chi connectivity index (χ0) is 14.6. The zero-order valence-corrected chi connectivity index (χ0v) is 11.4. The van der Waals surface area contributed by atoms with Gasteiger partial charge in [-0.05, 0) is 19.1 Å². The molecule has 0 spiro atoms. The van der Waals surface area contributed by atoms with Crippen LogP contribution >= 0.6 is 0 Å². The molecule has 1 aromatic carbocycles. The molecular weight excluding hydrogens is 270 g/mol. The van der Waals surface area contributed by atoms with E-state index in [1.54, 1.807) is 13.0 Å². The van der Waals surface area contributed by atoms with E-state index in [4.69, 9.17) is 5.73 Å². The summed E-state index contributed by atoms with van der Waals surface area (Å²) in [5, 5.41) is 2.30. The average Bonchev–Trinajstić information content (AvgIpc) is 2.26. The van der Waals surface area contributed by atoms with E-state index in [-0.39, 0.29) is 17.8 Å². The Kier molecular flexibility index (Phi) is 4.49. The molecule has 8 heteroatoms. The van der Waals surface area contributed by atoms with Gasteiger partial charge in [-0.3, -0.25) is 14.3 Å². The molecule has 0 saturated heterocycles. The molecule has 7 nitrogen and oxygen atoms in total. The fourth-order valence-electron chi connectivity index (χ4n) is 1.40. The molecule has 0 fully saturated rings. The van der Waals surface area contributed by atoms with Crippen LogP contribution in [0.3, 0.4) is 0 Å². The van der Waals surface area contributed by atoms with Gasteiger partial charge in [0.05, 0.1) is 24.1 Å². The smallest absolute Gasteiger partial charge is 0.253 e. The van der Waals surface area contributed by atoms with Gasteiger partial charge in [0.15, 0.2) is 0 Å². The second-order valence-electron chi connectivity index (χ2n) is 4.07. The number of amides is 2. The van der Waals surface area contributed by atoms with Crippen LogP contribution in [0.2, 0.25) is 0 Å². The fourth-order valence-corrected chi connectivity index (χ4v) is 1.97. The maximum atomic E-state index is 11.9. The summed E-state index contributed by atoms with van der Waals surface area (Å²) in [7, 11) is -3.50. The number of hydrogen-bond acceptors (Lipinski definition) is 4. The summed E-state index contributed by atoms with van der Waals surface area (Å²) in [6.45, 7) is 1.44. The van der Waals surface area contributed by atoms with Gasteiger partial charge in [-0.25, -0.2) is 8.42 Å². The molecule has 0 aromatic heterocycles. The molecule has 0 aliphatic carbocycles. The van der Waals surface area contributed by atoms with Gasteiger partial charge in [-0.15, -0.1) is 0 Å². The van der Waals surface area contributed by atoms with Crippen LogP contribution in [0.15, 0.2) is 18.2 Å². The largest absolute Gasteiger partial charge is 0.368 e. The van der Waals surface area contributed by atoms with Crippen molar-refractivity contribution in [2.45, 2.75) is 6.92 Å². The minimum Gasteiger partial charge on any atom is -0.368 e. The van der Waals surface area contributed by atoms with Crippen molar-refractivity contribution in [2.75, 3.05) is 17.5 Å². The van der Waals surface area contributed by atoms with E-state index in [2.05, 4.69) is 10.0 Å². The van der Waals surface area contributed by atoms with E-state index in [0.29, 0.717) is 0 Å². The number of anilines is 1. The third-order valence-corrected chi connectivity index (χ3v) is 2.73. The quantitative estimate of drug-likeness (QED) is 0.681. The Morgan fingerprint density at radius 2 is 1.95 bits per heavy atom. The number of carbonyl (C=O) groups excluding carboxylic acids is 2. The lowest BCUT2D eigenvalue weighted by Crippen LogP contribution is -2.33. The predicted molar refractivity (Wildman–Crippen MR) is 71.2 cm³/mol. The fraction of sp³-hybridized carbons (Fsp3) is 0.273. The van der Waals surface area contributed by atoms with Crippen molar-refractivity contribution in [1.82, 2.24) is 5.32 Å². The van der Waals surface area contributed by atoms with Crippen LogP contribution in [0.25, 0.3) is 0 Å². The summed E-state index contributed by atoms with van der Waals surface area (Å²) in [4.78, 5) is 22.5. The minimum atomic E-state index is -3.50. The topological polar surface area (TPSA) is 118 Å². The monoisotopic (exact) mass is 285 g/mol. The van der Waals surface area contributed by atoms with E-state index in [1.807, 2.05) is 0 Å². The highest BCUT2D eigenvalue weighted by atomic mass is 32.2. The van der Waals surface area contributed by atoms with Crippen molar-refractivity contribution in [3.05, 3.63) is 29.3 Å². The highest BCUT2D eigenvalue weighted by molar-refractivity contribution is 7.92. The Balaban J connectivity index is 3.06. The number of rotatable bonds is 5. The zero-order valence-electron chi connectivity index (χ0n) is 10.6. The van der Waals surface area contributed by atoms with E-state index in [1.165, 1.54) is 12.1 Å². The lowest BCUT2D eigenvalue weighted by atomic mass is 10.1. The maximum Gasteiger partial charge on any atom is 0.253 e. The molecule has 0 aliphatic rings. The Labute approximate surface area is 111 Å². The van der Waals surface area contributed by atoms with Gasteiger partial charge in [0.1, 0.15) is 0 Å². The van der Waals surface area contributed by atoms with Gasteiger partial charge >= 0.3 is 0 Å². The molecule has 0 aliphatic heterocycles. The normalized spacial score (nSPS) is 10.8. The number of sulfonamides is 1. The lowest BCUT2D eigenvalue weighted by molar-refractivity contribution is -0.117. The summed E-state index contributed by atoms with van der Waals surface area (Å²) in [5.74, 6) is -1.26. The van der Waals surface area contributed by atoms with E-state index >= 15 is 0 Å². The van der Waals surface area contributed by atoms with Gasteiger partial charge in [-0.1, -0.05) is 11.6 Å². The van der Waals surface area contributed by atoms with Crippen molar-refractivity contribution in [1.29, 1.82) is 0 Å². The molecule has 0 heterocycles. The first-order valence-electron chi connectivity index (χ1n) is 5.34. The number of hydrogen-bond donors (Lipinski definition) is 3. The summed E-state index contributed by atoms with van der Waals surface area (Å²) < 4.78 is 24.7. The summed E-state index contributed by atoms with van der Waals surface area (Å²) in [5.41, 5.74) is 5.98. The third-order valence-electron chi connectivity index (χ3n) is 2.14. The number of benzene rings is 1. The number of primary amides is 1. The Morgan fingerprint density at radius 3 is 2.47 bits per heavy atom. The SMILES string of the molecule is Cc1ccc(NS(C)(=O)=O)c(C(=O)NCC(N)=O)c1. The van der Waals surface area contributed by atoms with Gasteiger partial charge < -0.3 is 11.1 Å². The lowest BCUT2D eigenvalue weighted by Gasteiger charge is -2.11. The van der Waals surface area contributed by atoms with Crippen LogP contribution in [0, 0.1) is 6.92 Å². The molecule has 0 bridgehead atoms. The molecule has 4 N–H and O–H groups in total. The van der Waals surface area contributed by atoms with Crippen LogP contribution < -0.4 is 15.8 Å². The average molecular weight is 285 g/mol. The van der Waals surface area contributed by atoms with E-state index in [0.717, 1.165) is 11.8 Å². The van der Waals surface area contributed by atoms with Crippen LogP contribution in [0.4, 0.5) is 5.69 Å². The molecule has 0 unspecified atom stereocenters. The molecule has 0 radical (unpaired) electrons. The van der Waals surface area contributed by atoms with Gasteiger partial charge in [0.25, 0.3) is 5.91 Å². The van der Waals surface area contributed by atoms with Crippen LogP contribution in [0.1, 0.15) is 15.9 Å². The first kappa shape index (κ1) is 15.0. The van der Waals surface area contributed by atoms with Crippen molar-refractivity contribution in [2.24, 2.45) is 5.73 Å². The van der Waals surface area contributed by atoms with Crippen molar-refractivity contribution in [3.63, 3.8) is 0 Å². The van der Waals surface area contributed by atoms with Crippen molar-refractivity contribution < 1.29 is 18.0 Å². The molecule has 1 aromatic rings. The summed E-state index contributed by atoms with van der Waals surface area (Å²) in [6.07, 6.45) is 0.984. The molecule has 19 heavy (non-hydrogen) atoms. The number of carbonyl (C=O) groups is 2. The second kappa shape index (κ2) is 5.70. The number of nitrogens with two attached hydrogens (primary N) is 1. The molecule has 1 rings (SSSR count).